The molecule has 2 aromatic rings. The number of hydrogen-bond donors (Lipinski definition) is 0. The summed E-state index contributed by atoms with van der Waals surface area (Å²) in [4.78, 5) is 0. The van der Waals surface area contributed by atoms with Gasteiger partial charge in [-0.15, -0.1) is 0 Å². The molecule has 18 heavy (non-hydrogen) atoms. The van der Waals surface area contributed by atoms with Crippen molar-refractivity contribution < 1.29 is 9.47 Å². The molecule has 0 amide bonds. The van der Waals surface area contributed by atoms with Crippen LogP contribution in [0.15, 0.2) is 48.5 Å². The Morgan fingerprint density at radius 3 is 1.44 bits per heavy atom. The summed E-state index contributed by atoms with van der Waals surface area (Å²) in [6.07, 6.45) is -0.0813. The van der Waals surface area contributed by atoms with Crippen LogP contribution in [0.2, 0.25) is 0 Å². The maximum Gasteiger partial charge on any atom is 0.113 e. The topological polar surface area (TPSA) is 18.5 Å². The number of rotatable bonds is 2. The first-order valence-electron chi connectivity index (χ1n) is 6.10. The van der Waals surface area contributed by atoms with Gasteiger partial charge in [0.2, 0.25) is 0 Å². The first-order valence-corrected chi connectivity index (χ1v) is 6.10. The average Bonchev–Trinajstić information content (AvgIpc) is 2.45. The largest absolute Gasteiger partial charge is 0.374 e. The molecule has 3 rings (SSSR count). The summed E-state index contributed by atoms with van der Waals surface area (Å²) >= 11 is 0. The molecule has 0 N–H and O–H groups in total. The van der Waals surface area contributed by atoms with E-state index in [1.165, 1.54) is 22.3 Å². The van der Waals surface area contributed by atoms with Crippen LogP contribution in [0.4, 0.5) is 0 Å². The first kappa shape index (κ1) is 11.5. The standard InChI is InChI=1S/C16H16O2/c1-17-15-13-9-5-3-7-11(13)12-8-4-6-10-14(12)16(15)18-2/h3-10,15-16H,1-2H3/t15-,16-/m1/s1. The Labute approximate surface area is 107 Å². The Morgan fingerprint density at radius 2 is 1.06 bits per heavy atom. The number of benzene rings is 2. The zero-order valence-corrected chi connectivity index (χ0v) is 10.6. The van der Waals surface area contributed by atoms with Gasteiger partial charge in [0.1, 0.15) is 12.2 Å². The van der Waals surface area contributed by atoms with E-state index in [0.717, 1.165) is 0 Å². The summed E-state index contributed by atoms with van der Waals surface area (Å²) in [6, 6.07) is 16.7. The fourth-order valence-electron chi connectivity index (χ4n) is 2.81. The molecular formula is C16H16O2. The molecule has 1 aliphatic carbocycles. The molecule has 1 aliphatic rings. The van der Waals surface area contributed by atoms with Crippen molar-refractivity contribution in [3.63, 3.8) is 0 Å². The van der Waals surface area contributed by atoms with Crippen LogP contribution in [0.5, 0.6) is 0 Å². The first-order chi connectivity index (χ1) is 8.86. The molecule has 0 saturated carbocycles. The molecule has 2 heteroatoms. The van der Waals surface area contributed by atoms with Gasteiger partial charge >= 0.3 is 0 Å². The van der Waals surface area contributed by atoms with Gasteiger partial charge in [0.05, 0.1) is 0 Å². The van der Waals surface area contributed by atoms with E-state index in [1.807, 2.05) is 12.1 Å². The molecule has 0 saturated heterocycles. The lowest BCUT2D eigenvalue weighted by Gasteiger charge is -2.33. The average molecular weight is 240 g/mol. The van der Waals surface area contributed by atoms with Crippen molar-refractivity contribution in [1.82, 2.24) is 0 Å². The minimum atomic E-state index is -0.0406. The zero-order chi connectivity index (χ0) is 12.5. The van der Waals surface area contributed by atoms with E-state index in [0.29, 0.717) is 0 Å². The minimum absolute atomic E-state index is 0.0406. The highest BCUT2D eigenvalue weighted by Gasteiger charge is 2.33. The van der Waals surface area contributed by atoms with Crippen LogP contribution in [-0.2, 0) is 9.47 Å². The van der Waals surface area contributed by atoms with Crippen LogP contribution in [0.1, 0.15) is 23.3 Å². The van der Waals surface area contributed by atoms with Crippen molar-refractivity contribution in [3.05, 3.63) is 59.7 Å². The van der Waals surface area contributed by atoms with E-state index < -0.39 is 0 Å². The monoisotopic (exact) mass is 240 g/mol. The van der Waals surface area contributed by atoms with Gasteiger partial charge in [-0.05, 0) is 22.3 Å². The summed E-state index contributed by atoms with van der Waals surface area (Å²) < 4.78 is 11.3. The smallest absolute Gasteiger partial charge is 0.113 e. The molecule has 0 aromatic heterocycles. The third kappa shape index (κ3) is 1.57. The van der Waals surface area contributed by atoms with Gasteiger partial charge in [0.15, 0.2) is 0 Å². The second-order valence-corrected chi connectivity index (χ2v) is 4.49. The molecule has 92 valence electrons. The maximum atomic E-state index is 5.65. The Morgan fingerprint density at radius 1 is 0.667 bits per heavy atom. The van der Waals surface area contributed by atoms with Crippen molar-refractivity contribution in [2.24, 2.45) is 0 Å². The van der Waals surface area contributed by atoms with Gasteiger partial charge < -0.3 is 9.47 Å². The van der Waals surface area contributed by atoms with Gasteiger partial charge in [-0.25, -0.2) is 0 Å². The molecule has 0 unspecified atom stereocenters. The summed E-state index contributed by atoms with van der Waals surface area (Å²) in [5.74, 6) is 0. The van der Waals surface area contributed by atoms with Gasteiger partial charge in [0, 0.05) is 14.2 Å². The third-order valence-corrected chi connectivity index (χ3v) is 3.61. The van der Waals surface area contributed by atoms with E-state index in [2.05, 4.69) is 36.4 Å². The van der Waals surface area contributed by atoms with Crippen molar-refractivity contribution in [2.45, 2.75) is 12.2 Å². The van der Waals surface area contributed by atoms with Crippen LogP contribution in [0.25, 0.3) is 11.1 Å². The van der Waals surface area contributed by atoms with E-state index in [4.69, 9.17) is 9.47 Å². The van der Waals surface area contributed by atoms with Crippen LogP contribution in [-0.4, -0.2) is 14.2 Å². The Balaban J connectivity index is 2.27. The second kappa shape index (κ2) is 4.56. The highest BCUT2D eigenvalue weighted by Crippen LogP contribution is 2.47. The second-order valence-electron chi connectivity index (χ2n) is 4.49. The molecule has 0 bridgehead atoms. The van der Waals surface area contributed by atoms with Crippen molar-refractivity contribution in [3.8, 4) is 11.1 Å². The van der Waals surface area contributed by atoms with E-state index >= 15 is 0 Å². The van der Waals surface area contributed by atoms with Crippen molar-refractivity contribution >= 4 is 0 Å². The normalized spacial score (nSPS) is 21.2. The molecule has 0 fully saturated rings. The number of methoxy groups -OCH3 is 2. The molecule has 2 atom stereocenters. The SMILES string of the molecule is CO[C@@H]1c2ccccc2-c2ccccc2[C@H]1OC. The fraction of sp³-hybridized carbons (Fsp3) is 0.250. The lowest BCUT2D eigenvalue weighted by molar-refractivity contribution is -0.0408. The highest BCUT2D eigenvalue weighted by atomic mass is 16.5. The van der Waals surface area contributed by atoms with E-state index in [1.54, 1.807) is 14.2 Å². The Bertz CT molecular complexity index is 511. The van der Waals surface area contributed by atoms with Crippen molar-refractivity contribution in [2.75, 3.05) is 14.2 Å². The Kier molecular flexibility index (Phi) is 2.90. The predicted molar refractivity (Wildman–Crippen MR) is 71.4 cm³/mol. The summed E-state index contributed by atoms with van der Waals surface area (Å²) in [6.45, 7) is 0. The lowest BCUT2D eigenvalue weighted by Crippen LogP contribution is -2.20. The van der Waals surface area contributed by atoms with Gasteiger partial charge in [0.25, 0.3) is 0 Å². The molecule has 2 nitrogen and oxygen atoms in total. The summed E-state index contributed by atoms with van der Waals surface area (Å²) in [5.41, 5.74) is 4.89. The maximum absolute atomic E-state index is 5.65. The highest BCUT2D eigenvalue weighted by molar-refractivity contribution is 5.74. The molecule has 0 spiro atoms. The summed E-state index contributed by atoms with van der Waals surface area (Å²) in [5, 5.41) is 0. The van der Waals surface area contributed by atoms with Crippen LogP contribution in [0, 0.1) is 0 Å². The molecule has 0 aliphatic heterocycles. The zero-order valence-electron chi connectivity index (χ0n) is 10.6. The lowest BCUT2D eigenvalue weighted by atomic mass is 9.82. The molecule has 2 aromatic carbocycles. The predicted octanol–water partition coefficient (Wildman–Crippen LogP) is 3.74. The van der Waals surface area contributed by atoms with Crippen LogP contribution in [0.3, 0.4) is 0 Å². The summed E-state index contributed by atoms with van der Waals surface area (Å²) in [7, 11) is 3.47. The molecule has 0 heterocycles. The molecular weight excluding hydrogens is 224 g/mol. The van der Waals surface area contributed by atoms with E-state index in [-0.39, 0.29) is 12.2 Å². The minimum Gasteiger partial charge on any atom is -0.374 e. The van der Waals surface area contributed by atoms with Gasteiger partial charge in [-0.3, -0.25) is 0 Å². The quantitative estimate of drug-likeness (QED) is 0.796. The van der Waals surface area contributed by atoms with Gasteiger partial charge in [-0.1, -0.05) is 48.5 Å². The number of fused-ring (bicyclic) bond motifs is 3. The van der Waals surface area contributed by atoms with Crippen LogP contribution >= 0.6 is 0 Å². The van der Waals surface area contributed by atoms with Gasteiger partial charge in [-0.2, -0.15) is 0 Å². The molecule has 0 radical (unpaired) electrons. The third-order valence-electron chi connectivity index (χ3n) is 3.61. The number of hydrogen-bond acceptors (Lipinski definition) is 2. The number of ether oxygens (including phenoxy) is 2. The van der Waals surface area contributed by atoms with Crippen LogP contribution < -0.4 is 0 Å². The fourth-order valence-corrected chi connectivity index (χ4v) is 2.81. The Hall–Kier alpha value is -1.64. The van der Waals surface area contributed by atoms with E-state index in [9.17, 15) is 0 Å². The van der Waals surface area contributed by atoms with Crippen molar-refractivity contribution in [1.29, 1.82) is 0 Å².